The molecule has 0 unspecified atom stereocenters. The van der Waals surface area contributed by atoms with Crippen LogP contribution in [0.1, 0.15) is 24.0 Å². The number of nitrogens with zero attached hydrogens (tertiary/aromatic N) is 3. The Morgan fingerprint density at radius 2 is 1.70 bits per heavy atom. The fraction of sp³-hybridized carbons (Fsp3) is 0.429. The lowest BCUT2D eigenvalue weighted by Crippen LogP contribution is -2.48. The van der Waals surface area contributed by atoms with E-state index >= 15 is 0 Å². The summed E-state index contributed by atoms with van der Waals surface area (Å²) in [7, 11) is -3.54. The minimum absolute atomic E-state index is 0.0709. The van der Waals surface area contributed by atoms with Crippen molar-refractivity contribution in [2.75, 3.05) is 36.4 Å². The summed E-state index contributed by atoms with van der Waals surface area (Å²) in [4.78, 5) is 13.4. The first-order valence-corrected chi connectivity index (χ1v) is 11.6. The minimum Gasteiger partial charge on any atom is -0.377 e. The van der Waals surface area contributed by atoms with Crippen molar-refractivity contribution in [2.24, 2.45) is 0 Å². The summed E-state index contributed by atoms with van der Waals surface area (Å²) in [5.41, 5.74) is 3.49. The molecule has 2 aromatic carbocycles. The molecule has 2 aliphatic rings. The van der Waals surface area contributed by atoms with E-state index in [1.54, 1.807) is 18.2 Å². The van der Waals surface area contributed by atoms with E-state index in [4.69, 9.17) is 0 Å². The summed E-state index contributed by atoms with van der Waals surface area (Å²) >= 11 is 0. The highest BCUT2D eigenvalue weighted by Gasteiger charge is 2.30. The molecule has 1 N–H and O–H groups in total. The molecule has 9 heteroatoms. The van der Waals surface area contributed by atoms with Crippen LogP contribution in [0.25, 0.3) is 0 Å². The Kier molecular flexibility index (Phi) is 5.42. The van der Waals surface area contributed by atoms with Crippen LogP contribution in [0.4, 0.5) is 17.1 Å². The Bertz CT molecular complexity index is 1070. The molecular formula is C21H26N4O4S. The maximum atomic E-state index is 13.0. The molecule has 8 nitrogen and oxygen atoms in total. The number of nitro benzene ring substituents is 1. The molecule has 4 rings (SSSR count). The highest BCUT2D eigenvalue weighted by atomic mass is 32.2. The molecule has 160 valence electrons. The van der Waals surface area contributed by atoms with Crippen LogP contribution < -0.4 is 10.2 Å². The molecule has 1 aliphatic carbocycles. The second-order valence-corrected chi connectivity index (χ2v) is 9.95. The topological polar surface area (TPSA) is 95.8 Å². The summed E-state index contributed by atoms with van der Waals surface area (Å²) < 4.78 is 27.6. The van der Waals surface area contributed by atoms with Gasteiger partial charge in [-0.15, -0.1) is 0 Å². The van der Waals surface area contributed by atoms with E-state index in [2.05, 4.69) is 10.2 Å². The maximum Gasteiger partial charge on any atom is 0.292 e. The molecule has 1 saturated carbocycles. The standard InChI is InChI=1S/C21H26N4O4S/c1-15-3-7-19(13-16(15)2)30(28,29)24-11-9-23(10-12-24)18-6-8-21(25(26)27)20(14-18)22-17-4-5-17/h3,6-8,13-14,17,22H,4-5,9-12H2,1-2H3. The van der Waals surface area contributed by atoms with Crippen LogP contribution in [0.3, 0.4) is 0 Å². The Morgan fingerprint density at radius 1 is 1.00 bits per heavy atom. The van der Waals surface area contributed by atoms with Crippen LogP contribution in [0.15, 0.2) is 41.3 Å². The number of anilines is 2. The lowest BCUT2D eigenvalue weighted by molar-refractivity contribution is -0.384. The predicted octanol–water partition coefficient (Wildman–Crippen LogP) is 3.30. The molecule has 0 radical (unpaired) electrons. The van der Waals surface area contributed by atoms with Crippen molar-refractivity contribution in [3.8, 4) is 0 Å². The average Bonchev–Trinajstić information content (AvgIpc) is 3.54. The number of nitrogens with one attached hydrogen (secondary N) is 1. The van der Waals surface area contributed by atoms with Crippen molar-refractivity contribution >= 4 is 27.1 Å². The molecule has 30 heavy (non-hydrogen) atoms. The van der Waals surface area contributed by atoms with Gasteiger partial charge in [0.1, 0.15) is 5.69 Å². The first kappa shape index (κ1) is 20.6. The summed E-state index contributed by atoms with van der Waals surface area (Å²) in [5.74, 6) is 0. The number of nitro groups is 1. The molecule has 0 aromatic heterocycles. The molecule has 0 amide bonds. The first-order valence-electron chi connectivity index (χ1n) is 10.1. The number of rotatable bonds is 6. The highest BCUT2D eigenvalue weighted by Crippen LogP contribution is 2.34. The van der Waals surface area contributed by atoms with E-state index < -0.39 is 10.0 Å². The lowest BCUT2D eigenvalue weighted by atomic mass is 10.1. The van der Waals surface area contributed by atoms with Crippen molar-refractivity contribution in [1.29, 1.82) is 0 Å². The maximum absolute atomic E-state index is 13.0. The Hall–Kier alpha value is -2.65. The van der Waals surface area contributed by atoms with Crippen molar-refractivity contribution in [2.45, 2.75) is 37.6 Å². The number of aryl methyl sites for hydroxylation is 2. The summed E-state index contributed by atoms with van der Waals surface area (Å²) in [6, 6.07) is 10.6. The lowest BCUT2D eigenvalue weighted by Gasteiger charge is -2.35. The largest absolute Gasteiger partial charge is 0.377 e. The molecule has 0 atom stereocenters. The Balaban J connectivity index is 1.49. The van der Waals surface area contributed by atoms with E-state index in [0.717, 1.165) is 29.7 Å². The van der Waals surface area contributed by atoms with Gasteiger partial charge in [0.15, 0.2) is 0 Å². The van der Waals surface area contributed by atoms with Crippen molar-refractivity contribution in [3.05, 3.63) is 57.6 Å². The highest BCUT2D eigenvalue weighted by molar-refractivity contribution is 7.89. The monoisotopic (exact) mass is 430 g/mol. The SMILES string of the molecule is Cc1ccc(S(=O)(=O)N2CCN(c3ccc([N+](=O)[O-])c(NC4CC4)c3)CC2)cc1C. The Morgan fingerprint density at radius 3 is 2.30 bits per heavy atom. The van der Waals surface area contributed by atoms with Crippen molar-refractivity contribution < 1.29 is 13.3 Å². The zero-order valence-corrected chi connectivity index (χ0v) is 18.0. The molecule has 1 saturated heterocycles. The summed E-state index contributed by atoms with van der Waals surface area (Å²) in [6.07, 6.45) is 2.05. The van der Waals surface area contributed by atoms with E-state index in [1.807, 2.05) is 26.0 Å². The number of hydrogen-bond acceptors (Lipinski definition) is 6. The number of benzene rings is 2. The fourth-order valence-corrected chi connectivity index (χ4v) is 5.16. The molecule has 0 spiro atoms. The van der Waals surface area contributed by atoms with Gasteiger partial charge in [-0.25, -0.2) is 8.42 Å². The average molecular weight is 431 g/mol. The minimum atomic E-state index is -3.54. The van der Waals surface area contributed by atoms with Gasteiger partial charge in [-0.2, -0.15) is 4.31 Å². The van der Waals surface area contributed by atoms with Crippen molar-refractivity contribution in [3.63, 3.8) is 0 Å². The van der Waals surface area contributed by atoms with Crippen LogP contribution in [0, 0.1) is 24.0 Å². The van der Waals surface area contributed by atoms with Crippen LogP contribution in [0.5, 0.6) is 0 Å². The van der Waals surface area contributed by atoms with E-state index in [0.29, 0.717) is 42.8 Å². The van der Waals surface area contributed by atoms with Crippen molar-refractivity contribution in [1.82, 2.24) is 4.31 Å². The third-order valence-corrected chi connectivity index (χ3v) is 7.73. The molecule has 0 bridgehead atoms. The van der Waals surface area contributed by atoms with Gasteiger partial charge in [-0.3, -0.25) is 10.1 Å². The Labute approximate surface area is 176 Å². The smallest absolute Gasteiger partial charge is 0.292 e. The zero-order valence-electron chi connectivity index (χ0n) is 17.2. The quantitative estimate of drug-likeness (QED) is 0.558. The van der Waals surface area contributed by atoms with Gasteiger partial charge >= 0.3 is 0 Å². The van der Waals surface area contributed by atoms with Gasteiger partial charge in [0, 0.05) is 44.0 Å². The second-order valence-electron chi connectivity index (χ2n) is 8.01. The first-order chi connectivity index (χ1) is 14.3. The van der Waals surface area contributed by atoms with E-state index in [9.17, 15) is 18.5 Å². The van der Waals surface area contributed by atoms with Gasteiger partial charge in [0.2, 0.25) is 10.0 Å². The number of hydrogen-bond donors (Lipinski definition) is 1. The third kappa shape index (κ3) is 4.13. The normalized spacial score (nSPS) is 17.7. The van der Waals surface area contributed by atoms with Crippen LogP contribution in [0.2, 0.25) is 0 Å². The molecule has 1 aliphatic heterocycles. The molecular weight excluding hydrogens is 404 g/mol. The number of sulfonamides is 1. The van der Waals surface area contributed by atoms with Gasteiger partial charge in [-0.05, 0) is 62.1 Å². The van der Waals surface area contributed by atoms with Crippen LogP contribution >= 0.6 is 0 Å². The van der Waals surface area contributed by atoms with Gasteiger partial charge in [-0.1, -0.05) is 6.07 Å². The van der Waals surface area contributed by atoms with Gasteiger partial charge in [0.05, 0.1) is 9.82 Å². The number of piperazine rings is 1. The van der Waals surface area contributed by atoms with E-state index in [-0.39, 0.29) is 10.6 Å². The molecule has 2 aromatic rings. The molecule has 2 fully saturated rings. The van der Waals surface area contributed by atoms with Gasteiger partial charge < -0.3 is 10.2 Å². The second kappa shape index (κ2) is 7.88. The van der Waals surface area contributed by atoms with Gasteiger partial charge in [0.25, 0.3) is 5.69 Å². The summed E-state index contributed by atoms with van der Waals surface area (Å²) in [6.45, 7) is 5.68. The fourth-order valence-electron chi connectivity index (χ4n) is 3.65. The molecule has 1 heterocycles. The zero-order chi connectivity index (χ0) is 21.5. The van der Waals surface area contributed by atoms with Crippen LogP contribution in [-0.2, 0) is 10.0 Å². The third-order valence-electron chi connectivity index (χ3n) is 5.83. The van der Waals surface area contributed by atoms with E-state index in [1.165, 1.54) is 10.4 Å². The van der Waals surface area contributed by atoms with Crippen LogP contribution in [-0.4, -0.2) is 49.9 Å². The predicted molar refractivity (Wildman–Crippen MR) is 117 cm³/mol. The summed E-state index contributed by atoms with van der Waals surface area (Å²) in [5, 5.41) is 14.6.